The first-order valence-electron chi connectivity index (χ1n) is 4.86. The number of pyridine rings is 1. The molecule has 0 aliphatic carbocycles. The smallest absolute Gasteiger partial charge is 0.158 e. The molecule has 0 fully saturated rings. The van der Waals surface area contributed by atoms with E-state index >= 15 is 0 Å². The molecular formula is C12H18N2. The van der Waals surface area contributed by atoms with E-state index < -0.39 is 0 Å². The predicted molar refractivity (Wildman–Crippen MR) is 64.2 cm³/mol. The number of aryl methyl sites for hydroxylation is 1. The Labute approximate surface area is 86.4 Å². The van der Waals surface area contributed by atoms with Gasteiger partial charge < -0.3 is 0 Å². The van der Waals surface area contributed by atoms with Gasteiger partial charge in [0, 0.05) is 17.5 Å². The average Bonchev–Trinajstić information content (AvgIpc) is 2.22. The van der Waals surface area contributed by atoms with Crippen LogP contribution in [0.5, 0.6) is 0 Å². The van der Waals surface area contributed by atoms with Crippen LogP contribution in [-0.2, 0) is 0 Å². The summed E-state index contributed by atoms with van der Waals surface area (Å²) >= 11 is 0. The Morgan fingerprint density at radius 2 is 2.00 bits per heavy atom. The summed E-state index contributed by atoms with van der Waals surface area (Å²) in [6.45, 7) is 11.5. The molecule has 1 rings (SSSR count). The van der Waals surface area contributed by atoms with Crippen molar-refractivity contribution < 1.29 is 0 Å². The van der Waals surface area contributed by atoms with Crippen LogP contribution in [0.25, 0.3) is 6.08 Å². The second-order valence-corrected chi connectivity index (χ2v) is 2.46. The molecule has 0 bridgehead atoms. The zero-order valence-electron chi connectivity index (χ0n) is 9.41. The topological polar surface area (TPSA) is 25.2 Å². The largest absolute Gasteiger partial charge is 0.241 e. The number of aromatic nitrogens is 1. The Kier molecular flexibility index (Phi) is 6.29. The summed E-state index contributed by atoms with van der Waals surface area (Å²) in [5.41, 5.74) is 1.94. The summed E-state index contributed by atoms with van der Waals surface area (Å²) in [5.74, 6) is 0.743. The molecule has 0 radical (unpaired) electrons. The van der Waals surface area contributed by atoms with Crippen molar-refractivity contribution in [3.63, 3.8) is 0 Å². The standard InChI is InChI=1S/C10H12N2.C2H6/c1-4-9-7-6-8(3)12-10(9)11-5-2;1-2/h4-7H,1H2,2-3H3;1-2H3/b11-5-;. The molecule has 0 spiro atoms. The van der Waals surface area contributed by atoms with Crippen molar-refractivity contribution in [2.45, 2.75) is 27.7 Å². The fraction of sp³-hybridized carbons (Fsp3) is 0.333. The third-order valence-corrected chi connectivity index (χ3v) is 1.52. The van der Waals surface area contributed by atoms with Gasteiger partial charge in [-0.1, -0.05) is 26.5 Å². The quantitative estimate of drug-likeness (QED) is 0.651. The summed E-state index contributed by atoms with van der Waals surface area (Å²) in [6.07, 6.45) is 3.49. The second kappa shape index (κ2) is 7.01. The van der Waals surface area contributed by atoms with Crippen molar-refractivity contribution in [3.8, 4) is 0 Å². The van der Waals surface area contributed by atoms with Gasteiger partial charge in [0.05, 0.1) is 0 Å². The SMILES string of the molecule is C=Cc1ccc(C)nc1/N=C\C.CC. The normalized spacial score (nSPS) is 9.43. The van der Waals surface area contributed by atoms with Gasteiger partial charge in [0.25, 0.3) is 0 Å². The molecule has 0 saturated heterocycles. The number of aliphatic imine (C=N–C) groups is 1. The van der Waals surface area contributed by atoms with Crippen molar-refractivity contribution in [1.29, 1.82) is 0 Å². The molecular weight excluding hydrogens is 172 g/mol. The first kappa shape index (κ1) is 12.6. The second-order valence-electron chi connectivity index (χ2n) is 2.46. The average molecular weight is 190 g/mol. The fourth-order valence-electron chi connectivity index (χ4n) is 0.939. The lowest BCUT2D eigenvalue weighted by atomic mass is 10.2. The number of nitrogens with zero attached hydrogens (tertiary/aromatic N) is 2. The molecule has 0 aliphatic heterocycles. The van der Waals surface area contributed by atoms with Crippen LogP contribution in [0, 0.1) is 6.92 Å². The van der Waals surface area contributed by atoms with Crippen LogP contribution in [0.2, 0.25) is 0 Å². The molecule has 1 heterocycles. The van der Waals surface area contributed by atoms with E-state index in [-0.39, 0.29) is 0 Å². The number of rotatable bonds is 2. The van der Waals surface area contributed by atoms with Crippen LogP contribution in [0.4, 0.5) is 5.82 Å². The maximum Gasteiger partial charge on any atom is 0.158 e. The summed E-state index contributed by atoms with van der Waals surface area (Å²) < 4.78 is 0. The maximum atomic E-state index is 4.26. The first-order valence-corrected chi connectivity index (χ1v) is 4.86. The third kappa shape index (κ3) is 3.52. The van der Waals surface area contributed by atoms with E-state index in [0.29, 0.717) is 0 Å². The van der Waals surface area contributed by atoms with Gasteiger partial charge in [0.1, 0.15) is 0 Å². The van der Waals surface area contributed by atoms with Crippen LogP contribution in [0.15, 0.2) is 23.7 Å². The van der Waals surface area contributed by atoms with Crippen LogP contribution in [0.1, 0.15) is 32.0 Å². The van der Waals surface area contributed by atoms with Gasteiger partial charge in [-0.05, 0) is 26.0 Å². The molecule has 0 unspecified atom stereocenters. The lowest BCUT2D eigenvalue weighted by Gasteiger charge is -1.99. The molecule has 1 aromatic rings. The highest BCUT2D eigenvalue weighted by atomic mass is 14.9. The third-order valence-electron chi connectivity index (χ3n) is 1.52. The van der Waals surface area contributed by atoms with Crippen molar-refractivity contribution in [3.05, 3.63) is 30.0 Å². The zero-order chi connectivity index (χ0) is 11.0. The van der Waals surface area contributed by atoms with E-state index in [2.05, 4.69) is 16.6 Å². The number of hydrogen-bond acceptors (Lipinski definition) is 2. The Balaban J connectivity index is 0.000000791. The molecule has 2 heteroatoms. The minimum absolute atomic E-state index is 0.743. The molecule has 0 saturated carbocycles. The minimum Gasteiger partial charge on any atom is -0.241 e. The Morgan fingerprint density at radius 1 is 1.36 bits per heavy atom. The van der Waals surface area contributed by atoms with Crippen molar-refractivity contribution in [2.75, 3.05) is 0 Å². The van der Waals surface area contributed by atoms with E-state index in [1.165, 1.54) is 0 Å². The molecule has 0 aliphatic rings. The summed E-state index contributed by atoms with van der Waals surface area (Å²) in [4.78, 5) is 8.40. The molecule has 0 amide bonds. The Hall–Kier alpha value is -1.44. The van der Waals surface area contributed by atoms with E-state index in [9.17, 15) is 0 Å². The lowest BCUT2D eigenvalue weighted by Crippen LogP contribution is -1.83. The van der Waals surface area contributed by atoms with Crippen LogP contribution < -0.4 is 0 Å². The van der Waals surface area contributed by atoms with Gasteiger partial charge in [-0.15, -0.1) is 0 Å². The summed E-state index contributed by atoms with van der Waals surface area (Å²) in [7, 11) is 0. The highest BCUT2D eigenvalue weighted by Gasteiger charge is 1.97. The summed E-state index contributed by atoms with van der Waals surface area (Å²) in [5, 5.41) is 0. The molecule has 0 atom stereocenters. The molecule has 1 aromatic heterocycles. The first-order chi connectivity index (χ1) is 6.77. The van der Waals surface area contributed by atoms with Crippen LogP contribution in [-0.4, -0.2) is 11.2 Å². The van der Waals surface area contributed by atoms with Gasteiger partial charge in [0.2, 0.25) is 0 Å². The molecule has 0 N–H and O–H groups in total. The Morgan fingerprint density at radius 3 is 2.50 bits per heavy atom. The summed E-state index contributed by atoms with van der Waals surface area (Å²) in [6, 6.07) is 3.92. The number of hydrogen-bond donors (Lipinski definition) is 0. The highest BCUT2D eigenvalue weighted by Crippen LogP contribution is 2.16. The van der Waals surface area contributed by atoms with E-state index in [1.807, 2.05) is 39.8 Å². The van der Waals surface area contributed by atoms with E-state index in [1.54, 1.807) is 12.3 Å². The maximum absolute atomic E-state index is 4.26. The van der Waals surface area contributed by atoms with Gasteiger partial charge >= 0.3 is 0 Å². The van der Waals surface area contributed by atoms with Crippen molar-refractivity contribution >= 4 is 18.1 Å². The van der Waals surface area contributed by atoms with E-state index in [4.69, 9.17) is 0 Å². The minimum atomic E-state index is 0.743. The Bertz CT molecular complexity index is 314. The van der Waals surface area contributed by atoms with Gasteiger partial charge in [-0.25, -0.2) is 9.98 Å². The van der Waals surface area contributed by atoms with Gasteiger partial charge in [-0.3, -0.25) is 0 Å². The molecule has 2 nitrogen and oxygen atoms in total. The van der Waals surface area contributed by atoms with Gasteiger partial charge in [0.15, 0.2) is 5.82 Å². The van der Waals surface area contributed by atoms with Crippen LogP contribution in [0.3, 0.4) is 0 Å². The van der Waals surface area contributed by atoms with Crippen molar-refractivity contribution in [2.24, 2.45) is 4.99 Å². The molecule has 76 valence electrons. The van der Waals surface area contributed by atoms with E-state index in [0.717, 1.165) is 17.1 Å². The molecule has 0 aromatic carbocycles. The van der Waals surface area contributed by atoms with Gasteiger partial charge in [-0.2, -0.15) is 0 Å². The van der Waals surface area contributed by atoms with Crippen molar-refractivity contribution in [1.82, 2.24) is 4.98 Å². The lowest BCUT2D eigenvalue weighted by molar-refractivity contribution is 1.17. The fourth-order valence-corrected chi connectivity index (χ4v) is 0.939. The zero-order valence-corrected chi connectivity index (χ0v) is 9.41. The predicted octanol–water partition coefficient (Wildman–Crippen LogP) is 3.78. The highest BCUT2D eigenvalue weighted by molar-refractivity contribution is 5.66. The molecule has 14 heavy (non-hydrogen) atoms. The monoisotopic (exact) mass is 190 g/mol. The van der Waals surface area contributed by atoms with Crippen LogP contribution >= 0.6 is 0 Å².